The Morgan fingerprint density at radius 1 is 1.47 bits per heavy atom. The second-order valence-electron chi connectivity index (χ2n) is 3.90. The normalized spacial score (nSPS) is 17.2. The first-order valence-electron chi connectivity index (χ1n) is 5.69. The van der Waals surface area contributed by atoms with Crippen LogP contribution < -0.4 is 9.47 Å². The van der Waals surface area contributed by atoms with Gasteiger partial charge in [-0.3, -0.25) is 4.79 Å². The summed E-state index contributed by atoms with van der Waals surface area (Å²) in [5.41, 5.74) is 0.916. The molecular formula is C13H13BrO5. The molecule has 1 heterocycles. The summed E-state index contributed by atoms with van der Waals surface area (Å²) in [7, 11) is 0. The first-order chi connectivity index (χ1) is 9.15. The Labute approximate surface area is 118 Å². The van der Waals surface area contributed by atoms with Crippen molar-refractivity contribution in [3.63, 3.8) is 0 Å². The van der Waals surface area contributed by atoms with Crippen molar-refractivity contribution in [1.82, 2.24) is 0 Å². The number of aliphatic hydroxyl groups is 2. The minimum Gasteiger partial charge on any atom is -0.491 e. The van der Waals surface area contributed by atoms with E-state index in [0.29, 0.717) is 17.1 Å². The molecule has 0 saturated heterocycles. The molecule has 1 unspecified atom stereocenters. The van der Waals surface area contributed by atoms with Gasteiger partial charge in [-0.15, -0.1) is 0 Å². The Bertz CT molecular complexity index is 512. The molecule has 1 atom stereocenters. The average Bonchev–Trinajstić information content (AvgIpc) is 2.43. The zero-order valence-corrected chi connectivity index (χ0v) is 11.6. The monoisotopic (exact) mass is 328 g/mol. The maximum absolute atomic E-state index is 11.6. The van der Waals surface area contributed by atoms with E-state index in [9.17, 15) is 9.90 Å². The number of carbonyl (C=O) groups is 1. The lowest BCUT2D eigenvalue weighted by atomic mass is 10.0. The Hall–Kier alpha value is -1.37. The van der Waals surface area contributed by atoms with Crippen molar-refractivity contribution >= 4 is 27.8 Å². The van der Waals surface area contributed by atoms with Crippen LogP contribution >= 0.6 is 15.9 Å². The van der Waals surface area contributed by atoms with Gasteiger partial charge >= 0.3 is 0 Å². The molecule has 0 aliphatic carbocycles. The van der Waals surface area contributed by atoms with Crippen molar-refractivity contribution in [2.45, 2.75) is 6.29 Å². The van der Waals surface area contributed by atoms with Crippen molar-refractivity contribution in [3.8, 4) is 11.5 Å². The van der Waals surface area contributed by atoms with E-state index < -0.39 is 6.29 Å². The number of rotatable bonds is 5. The van der Waals surface area contributed by atoms with Crippen LogP contribution in [0.5, 0.6) is 11.5 Å². The van der Waals surface area contributed by atoms with Crippen LogP contribution in [-0.4, -0.2) is 40.8 Å². The van der Waals surface area contributed by atoms with Crippen molar-refractivity contribution in [2.75, 3.05) is 18.5 Å². The SMILES string of the molecule is O=C(CBr)C1=Cc2ccc(OCCO)cc2OC1O. The molecule has 0 saturated carbocycles. The topological polar surface area (TPSA) is 76.0 Å². The number of aliphatic hydroxyl groups excluding tert-OH is 2. The molecule has 2 rings (SSSR count). The highest BCUT2D eigenvalue weighted by atomic mass is 79.9. The second kappa shape index (κ2) is 6.18. The van der Waals surface area contributed by atoms with E-state index >= 15 is 0 Å². The largest absolute Gasteiger partial charge is 0.491 e. The van der Waals surface area contributed by atoms with Gasteiger partial charge in [0, 0.05) is 11.6 Å². The Balaban J connectivity index is 2.27. The van der Waals surface area contributed by atoms with Gasteiger partial charge in [0.25, 0.3) is 0 Å². The number of halogens is 1. The molecule has 102 valence electrons. The maximum atomic E-state index is 11.6. The second-order valence-corrected chi connectivity index (χ2v) is 4.46. The number of ketones is 1. The van der Waals surface area contributed by atoms with E-state index in [1.165, 1.54) is 0 Å². The first-order valence-corrected chi connectivity index (χ1v) is 6.81. The third kappa shape index (κ3) is 3.15. The van der Waals surface area contributed by atoms with Gasteiger partial charge in [-0.25, -0.2) is 0 Å². The van der Waals surface area contributed by atoms with Crippen LogP contribution in [0.15, 0.2) is 23.8 Å². The van der Waals surface area contributed by atoms with E-state index in [0.717, 1.165) is 0 Å². The van der Waals surface area contributed by atoms with Crippen LogP contribution in [0.1, 0.15) is 5.56 Å². The molecule has 0 fully saturated rings. The number of hydrogen-bond acceptors (Lipinski definition) is 5. The van der Waals surface area contributed by atoms with E-state index in [2.05, 4.69) is 15.9 Å². The van der Waals surface area contributed by atoms with Crippen LogP contribution in [0.2, 0.25) is 0 Å². The van der Waals surface area contributed by atoms with Gasteiger partial charge in [0.05, 0.1) is 17.5 Å². The molecular weight excluding hydrogens is 316 g/mol. The van der Waals surface area contributed by atoms with E-state index in [-0.39, 0.29) is 29.9 Å². The number of Topliss-reactive ketones (excluding diaryl/α,β-unsaturated/α-hetero) is 1. The molecule has 0 aromatic heterocycles. The Morgan fingerprint density at radius 2 is 2.26 bits per heavy atom. The highest BCUT2D eigenvalue weighted by Crippen LogP contribution is 2.32. The third-order valence-electron chi connectivity index (χ3n) is 2.60. The molecule has 6 heteroatoms. The van der Waals surface area contributed by atoms with Crippen LogP contribution in [0.4, 0.5) is 0 Å². The molecule has 1 aliphatic heterocycles. The fourth-order valence-electron chi connectivity index (χ4n) is 1.71. The third-order valence-corrected chi connectivity index (χ3v) is 3.11. The predicted molar refractivity (Wildman–Crippen MR) is 72.4 cm³/mol. The summed E-state index contributed by atoms with van der Waals surface area (Å²) in [5.74, 6) is 0.747. The van der Waals surface area contributed by atoms with Crippen LogP contribution in [0.3, 0.4) is 0 Å². The van der Waals surface area contributed by atoms with Crippen molar-refractivity contribution in [2.24, 2.45) is 0 Å². The number of alkyl halides is 1. The Morgan fingerprint density at radius 3 is 2.95 bits per heavy atom. The minimum absolute atomic E-state index is 0.0790. The lowest BCUT2D eigenvalue weighted by molar-refractivity contribution is -0.116. The lowest BCUT2D eigenvalue weighted by Crippen LogP contribution is -2.27. The van der Waals surface area contributed by atoms with Gasteiger partial charge in [0.15, 0.2) is 5.78 Å². The highest BCUT2D eigenvalue weighted by Gasteiger charge is 2.25. The summed E-state index contributed by atoms with van der Waals surface area (Å²) in [5, 5.41) is 18.6. The first kappa shape index (κ1) is 14.0. The number of ether oxygens (including phenoxy) is 2. The number of fused-ring (bicyclic) bond motifs is 1. The molecule has 0 radical (unpaired) electrons. The molecule has 0 amide bonds. The summed E-state index contributed by atoms with van der Waals surface area (Å²) in [4.78, 5) is 11.6. The zero-order chi connectivity index (χ0) is 13.8. The molecule has 2 N–H and O–H groups in total. The number of benzene rings is 1. The van der Waals surface area contributed by atoms with Gasteiger partial charge in [-0.1, -0.05) is 15.9 Å². The maximum Gasteiger partial charge on any atom is 0.227 e. The smallest absolute Gasteiger partial charge is 0.227 e. The molecule has 1 aromatic rings. The predicted octanol–water partition coefficient (Wildman–Crippen LogP) is 1.12. The minimum atomic E-state index is -1.27. The molecule has 5 nitrogen and oxygen atoms in total. The molecule has 0 bridgehead atoms. The summed E-state index contributed by atoms with van der Waals surface area (Å²) < 4.78 is 10.5. The van der Waals surface area contributed by atoms with Crippen molar-refractivity contribution in [1.29, 1.82) is 0 Å². The van der Waals surface area contributed by atoms with Crippen LogP contribution in [0.25, 0.3) is 6.08 Å². The van der Waals surface area contributed by atoms with Gasteiger partial charge in [-0.2, -0.15) is 0 Å². The lowest BCUT2D eigenvalue weighted by Gasteiger charge is -2.22. The van der Waals surface area contributed by atoms with Crippen LogP contribution in [-0.2, 0) is 4.79 Å². The molecule has 19 heavy (non-hydrogen) atoms. The van der Waals surface area contributed by atoms with E-state index in [1.54, 1.807) is 24.3 Å². The fraction of sp³-hybridized carbons (Fsp3) is 0.308. The molecule has 1 aliphatic rings. The number of hydrogen-bond donors (Lipinski definition) is 2. The average molecular weight is 329 g/mol. The van der Waals surface area contributed by atoms with E-state index in [4.69, 9.17) is 14.6 Å². The van der Waals surface area contributed by atoms with Gasteiger partial charge in [0.2, 0.25) is 6.29 Å². The van der Waals surface area contributed by atoms with Gasteiger partial charge in [0.1, 0.15) is 18.1 Å². The molecule has 1 aromatic carbocycles. The quantitative estimate of drug-likeness (QED) is 0.792. The highest BCUT2D eigenvalue weighted by molar-refractivity contribution is 9.09. The summed E-state index contributed by atoms with van der Waals surface area (Å²) in [6.45, 7) is 0.106. The number of carbonyl (C=O) groups excluding carboxylic acids is 1. The zero-order valence-electron chi connectivity index (χ0n) is 10.0. The van der Waals surface area contributed by atoms with Gasteiger partial charge in [-0.05, 0) is 18.2 Å². The van der Waals surface area contributed by atoms with Crippen molar-refractivity contribution < 1.29 is 24.5 Å². The Kier molecular flexibility index (Phi) is 4.57. The summed E-state index contributed by atoms with van der Waals surface area (Å²) in [6, 6.07) is 5.05. The van der Waals surface area contributed by atoms with Gasteiger partial charge < -0.3 is 19.7 Å². The summed E-state index contributed by atoms with van der Waals surface area (Å²) in [6.07, 6.45) is 0.328. The summed E-state index contributed by atoms with van der Waals surface area (Å²) >= 11 is 3.06. The standard InChI is InChI=1S/C13H13BrO5/c14-7-11(16)10-5-8-1-2-9(18-4-3-15)6-12(8)19-13(10)17/h1-2,5-6,13,15,17H,3-4,7H2. The van der Waals surface area contributed by atoms with Crippen molar-refractivity contribution in [3.05, 3.63) is 29.3 Å². The van der Waals surface area contributed by atoms with Crippen LogP contribution in [0, 0.1) is 0 Å². The van der Waals surface area contributed by atoms with E-state index in [1.807, 2.05) is 0 Å². The molecule has 0 spiro atoms. The fourth-order valence-corrected chi connectivity index (χ4v) is 2.03.